The Kier molecular flexibility index (Phi) is 5.37. The van der Waals surface area contributed by atoms with Gasteiger partial charge < -0.3 is 9.47 Å². The molecule has 31 heavy (non-hydrogen) atoms. The Bertz CT molecular complexity index is 1440. The molecule has 0 saturated carbocycles. The predicted molar refractivity (Wildman–Crippen MR) is 124 cm³/mol. The van der Waals surface area contributed by atoms with E-state index in [2.05, 4.69) is 4.98 Å². The first-order chi connectivity index (χ1) is 15.3. The van der Waals surface area contributed by atoms with Gasteiger partial charge in [-0.05, 0) is 36.4 Å². The summed E-state index contributed by atoms with van der Waals surface area (Å²) in [7, 11) is 0. The second kappa shape index (κ2) is 8.62. The Morgan fingerprint density at radius 3 is 2.52 bits per heavy atom. The van der Waals surface area contributed by atoms with Crippen molar-refractivity contribution in [3.63, 3.8) is 0 Å². The minimum atomic E-state index is -0.0558. The van der Waals surface area contributed by atoms with E-state index >= 15 is 0 Å². The fourth-order valence-electron chi connectivity index (χ4n) is 3.43. The molecular weight excluding hydrogens is 408 g/mol. The summed E-state index contributed by atoms with van der Waals surface area (Å²) in [5, 5.41) is 0. The summed E-state index contributed by atoms with van der Waals surface area (Å²) in [6.45, 7) is 1.11. The first kappa shape index (κ1) is 19.3. The van der Waals surface area contributed by atoms with Crippen molar-refractivity contribution in [2.75, 3.05) is 13.2 Å². The highest BCUT2D eigenvalue weighted by molar-refractivity contribution is 7.15. The van der Waals surface area contributed by atoms with Crippen LogP contribution in [0.4, 0.5) is 0 Å². The molecule has 154 valence electrons. The summed E-state index contributed by atoms with van der Waals surface area (Å²) in [4.78, 5) is 18.3. The van der Waals surface area contributed by atoms with Crippen molar-refractivity contribution in [2.24, 2.45) is 0 Å². The number of hydrogen-bond donors (Lipinski definition) is 0. The van der Waals surface area contributed by atoms with E-state index in [1.54, 1.807) is 4.40 Å². The van der Waals surface area contributed by atoms with Crippen molar-refractivity contribution in [3.8, 4) is 11.5 Å². The average molecular weight is 429 g/mol. The zero-order valence-electron chi connectivity index (χ0n) is 16.7. The molecule has 0 N–H and O–H groups in total. The van der Waals surface area contributed by atoms with Gasteiger partial charge in [0.05, 0.1) is 28.8 Å². The van der Waals surface area contributed by atoms with Gasteiger partial charge in [-0.3, -0.25) is 4.79 Å². The molecular formula is C25H20N2O3S. The van der Waals surface area contributed by atoms with E-state index < -0.39 is 0 Å². The molecule has 0 amide bonds. The van der Waals surface area contributed by atoms with Gasteiger partial charge in [0.1, 0.15) is 11.5 Å². The van der Waals surface area contributed by atoms with Crippen LogP contribution in [0.5, 0.6) is 11.5 Å². The zero-order valence-corrected chi connectivity index (χ0v) is 17.5. The molecule has 0 aliphatic carbocycles. The lowest BCUT2D eigenvalue weighted by Crippen LogP contribution is -2.22. The molecule has 0 spiro atoms. The maximum atomic E-state index is 13.0. The van der Waals surface area contributed by atoms with Crippen LogP contribution in [0.3, 0.4) is 0 Å². The number of aromatic nitrogens is 2. The fraction of sp³-hybridized carbons (Fsp3) is 0.120. The van der Waals surface area contributed by atoms with Gasteiger partial charge in [-0.25, -0.2) is 9.38 Å². The summed E-state index contributed by atoms with van der Waals surface area (Å²) in [6.07, 6.45) is 2.64. The number of ether oxygens (including phenoxy) is 2. The van der Waals surface area contributed by atoms with Crippen LogP contribution in [-0.4, -0.2) is 22.6 Å². The molecule has 0 aliphatic heterocycles. The van der Waals surface area contributed by atoms with Crippen molar-refractivity contribution < 1.29 is 9.47 Å². The molecule has 5 nitrogen and oxygen atoms in total. The second-order valence-corrected chi connectivity index (χ2v) is 8.04. The second-order valence-electron chi connectivity index (χ2n) is 7.04. The van der Waals surface area contributed by atoms with Gasteiger partial charge in [-0.2, -0.15) is 0 Å². The number of thiazole rings is 1. The van der Waals surface area contributed by atoms with E-state index in [9.17, 15) is 4.79 Å². The van der Waals surface area contributed by atoms with Crippen molar-refractivity contribution in [2.45, 2.75) is 6.42 Å². The smallest absolute Gasteiger partial charge is 0.274 e. The Morgan fingerprint density at radius 2 is 1.61 bits per heavy atom. The SMILES string of the molecule is O=c1/c(=C/c2ccccc2OCCCOc2ccccc2)sc2nc3ccccc3n12. The monoisotopic (exact) mass is 428 g/mol. The summed E-state index contributed by atoms with van der Waals surface area (Å²) in [6, 6.07) is 25.2. The Balaban J connectivity index is 1.34. The molecule has 5 aromatic rings. The molecule has 2 aromatic heterocycles. The zero-order chi connectivity index (χ0) is 21.0. The van der Waals surface area contributed by atoms with E-state index in [1.165, 1.54) is 11.3 Å². The van der Waals surface area contributed by atoms with Crippen LogP contribution in [0, 0.1) is 0 Å². The van der Waals surface area contributed by atoms with E-state index in [0.29, 0.717) is 22.7 Å². The number of imidazole rings is 1. The maximum absolute atomic E-state index is 13.0. The predicted octanol–water partition coefficient (Wildman–Crippen LogP) is 4.30. The first-order valence-electron chi connectivity index (χ1n) is 10.1. The number of para-hydroxylation sites is 4. The lowest BCUT2D eigenvalue weighted by molar-refractivity contribution is 0.247. The number of hydrogen-bond acceptors (Lipinski definition) is 5. The molecule has 0 fully saturated rings. The Hall–Kier alpha value is -3.64. The lowest BCUT2D eigenvalue weighted by atomic mass is 10.2. The third-order valence-corrected chi connectivity index (χ3v) is 5.88. The summed E-state index contributed by atoms with van der Waals surface area (Å²) in [5.41, 5.74) is 2.48. The van der Waals surface area contributed by atoms with Crippen LogP contribution in [0.1, 0.15) is 12.0 Å². The largest absolute Gasteiger partial charge is 0.493 e. The molecule has 0 atom stereocenters. The van der Waals surface area contributed by atoms with Gasteiger partial charge >= 0.3 is 0 Å². The fourth-order valence-corrected chi connectivity index (χ4v) is 4.41. The number of nitrogens with zero attached hydrogens (tertiary/aromatic N) is 2. The molecule has 3 aromatic carbocycles. The molecule has 0 bridgehead atoms. The quantitative estimate of drug-likeness (QED) is 0.363. The van der Waals surface area contributed by atoms with Crippen LogP contribution in [-0.2, 0) is 0 Å². The number of fused-ring (bicyclic) bond motifs is 3. The van der Waals surface area contributed by atoms with Crippen LogP contribution in [0.15, 0.2) is 83.7 Å². The van der Waals surface area contributed by atoms with E-state index in [-0.39, 0.29) is 5.56 Å². The highest BCUT2D eigenvalue weighted by atomic mass is 32.1. The van der Waals surface area contributed by atoms with Gasteiger partial charge in [0.2, 0.25) is 0 Å². The molecule has 0 aliphatic rings. The van der Waals surface area contributed by atoms with Crippen LogP contribution in [0.2, 0.25) is 0 Å². The van der Waals surface area contributed by atoms with Crippen molar-refractivity contribution >= 4 is 33.4 Å². The number of benzene rings is 3. The Morgan fingerprint density at radius 1 is 0.871 bits per heavy atom. The Labute approximate surface area is 182 Å². The maximum Gasteiger partial charge on any atom is 0.274 e. The molecule has 0 radical (unpaired) electrons. The van der Waals surface area contributed by atoms with E-state index in [0.717, 1.165) is 34.5 Å². The third-order valence-electron chi connectivity index (χ3n) is 4.91. The normalized spacial score (nSPS) is 11.9. The minimum Gasteiger partial charge on any atom is -0.493 e. The standard InChI is InChI=1S/C25H20N2O3S/c28-24-23(31-25-26-20-12-5-6-13-21(20)27(24)25)17-18-9-4-7-14-22(18)30-16-8-15-29-19-10-2-1-3-11-19/h1-7,9-14,17H,8,15-16H2/b23-17-. The van der Waals surface area contributed by atoms with Crippen molar-refractivity contribution in [1.29, 1.82) is 0 Å². The highest BCUT2D eigenvalue weighted by Gasteiger charge is 2.11. The van der Waals surface area contributed by atoms with E-state index in [4.69, 9.17) is 9.47 Å². The van der Waals surface area contributed by atoms with Gasteiger partial charge in [0.25, 0.3) is 5.56 Å². The summed E-state index contributed by atoms with van der Waals surface area (Å²) < 4.78 is 14.0. The van der Waals surface area contributed by atoms with Gasteiger partial charge in [-0.15, -0.1) is 0 Å². The third kappa shape index (κ3) is 4.02. The van der Waals surface area contributed by atoms with Crippen LogP contribution in [0.25, 0.3) is 22.1 Å². The molecule has 6 heteroatoms. The molecule has 0 saturated heterocycles. The van der Waals surface area contributed by atoms with Gasteiger partial charge in [0, 0.05) is 12.0 Å². The minimum absolute atomic E-state index is 0.0558. The van der Waals surface area contributed by atoms with Crippen molar-refractivity contribution in [1.82, 2.24) is 9.38 Å². The first-order valence-corrected chi connectivity index (χ1v) is 10.9. The van der Waals surface area contributed by atoms with Crippen LogP contribution >= 0.6 is 11.3 Å². The van der Waals surface area contributed by atoms with E-state index in [1.807, 2.05) is 84.9 Å². The lowest BCUT2D eigenvalue weighted by Gasteiger charge is -2.10. The molecule has 0 unspecified atom stereocenters. The van der Waals surface area contributed by atoms with Crippen molar-refractivity contribution in [3.05, 3.63) is 99.3 Å². The summed E-state index contributed by atoms with van der Waals surface area (Å²) >= 11 is 1.39. The van der Waals surface area contributed by atoms with Gasteiger partial charge in [-0.1, -0.05) is 59.9 Å². The van der Waals surface area contributed by atoms with Gasteiger partial charge in [0.15, 0.2) is 4.96 Å². The number of rotatable bonds is 7. The summed E-state index contributed by atoms with van der Waals surface area (Å²) in [5.74, 6) is 1.60. The molecule has 5 rings (SSSR count). The average Bonchev–Trinajstić information content (AvgIpc) is 3.31. The topological polar surface area (TPSA) is 52.8 Å². The molecule has 2 heterocycles. The van der Waals surface area contributed by atoms with Crippen LogP contribution < -0.4 is 19.6 Å². The highest BCUT2D eigenvalue weighted by Crippen LogP contribution is 2.20.